The first-order chi connectivity index (χ1) is 11.4. The number of pyridine rings is 1. The molecule has 5 nitrogen and oxygen atoms in total. The molecule has 0 amide bonds. The second-order valence-electron chi connectivity index (χ2n) is 5.95. The zero-order valence-electron chi connectivity index (χ0n) is 14.0. The maximum atomic E-state index is 11.7. The minimum Gasteiger partial charge on any atom is -0.479 e. The third-order valence-corrected chi connectivity index (χ3v) is 5.98. The molecule has 2 aromatic heterocycles. The normalized spacial score (nSPS) is 15.3. The Balaban J connectivity index is 2.36. The molecule has 0 aromatic carbocycles. The van der Waals surface area contributed by atoms with Crippen LogP contribution < -0.4 is 5.73 Å². The molecule has 0 aliphatic rings. The van der Waals surface area contributed by atoms with Crippen LogP contribution in [0.25, 0.3) is 10.1 Å². The lowest BCUT2D eigenvalue weighted by Gasteiger charge is -2.29. The van der Waals surface area contributed by atoms with Gasteiger partial charge in [0, 0.05) is 33.3 Å². The van der Waals surface area contributed by atoms with Crippen LogP contribution in [0.5, 0.6) is 0 Å². The Labute approximate surface area is 150 Å². The van der Waals surface area contributed by atoms with E-state index in [1.54, 1.807) is 17.5 Å². The van der Waals surface area contributed by atoms with Crippen molar-refractivity contribution in [3.63, 3.8) is 0 Å². The molecule has 2 aromatic rings. The molecule has 0 radical (unpaired) electrons. The van der Waals surface area contributed by atoms with Gasteiger partial charge in [-0.3, -0.25) is 4.98 Å². The number of unbranched alkanes of at least 4 members (excludes halogenated alkanes) is 1. The van der Waals surface area contributed by atoms with Crippen molar-refractivity contribution in [3.05, 3.63) is 28.9 Å². The molecule has 7 heteroatoms. The van der Waals surface area contributed by atoms with E-state index in [4.69, 9.17) is 5.73 Å². The van der Waals surface area contributed by atoms with Crippen LogP contribution in [0.4, 0.5) is 0 Å². The summed E-state index contributed by atoms with van der Waals surface area (Å²) in [5.74, 6) is -0.936. The van der Waals surface area contributed by atoms with E-state index in [0.29, 0.717) is 11.4 Å². The molecule has 0 saturated heterocycles. The quantitative estimate of drug-likeness (QED) is 0.630. The zero-order chi connectivity index (χ0) is 17.7. The predicted molar refractivity (Wildman–Crippen MR) is 101 cm³/mol. The predicted octanol–water partition coefficient (Wildman–Crippen LogP) is 2.69. The second kappa shape index (κ2) is 8.29. The van der Waals surface area contributed by atoms with E-state index in [2.05, 4.69) is 18.0 Å². The zero-order valence-corrected chi connectivity index (χ0v) is 15.6. The van der Waals surface area contributed by atoms with Crippen LogP contribution >= 0.6 is 23.1 Å². The minimum atomic E-state index is -2.02. The van der Waals surface area contributed by atoms with Crippen LogP contribution in [0.3, 0.4) is 0 Å². The molecule has 0 aliphatic heterocycles. The molecular weight excluding hydrogens is 344 g/mol. The average Bonchev–Trinajstić information content (AvgIpc) is 2.96. The van der Waals surface area contributed by atoms with E-state index in [0.717, 1.165) is 29.3 Å². The van der Waals surface area contributed by atoms with Gasteiger partial charge in [0.15, 0.2) is 5.60 Å². The molecule has 0 bridgehead atoms. The highest BCUT2D eigenvalue weighted by Gasteiger charge is 2.43. The number of hydrogen-bond donors (Lipinski definition) is 3. The first kappa shape index (κ1) is 19.2. The Bertz CT molecular complexity index is 704. The molecule has 0 saturated carbocycles. The van der Waals surface area contributed by atoms with E-state index in [-0.39, 0.29) is 6.42 Å². The third kappa shape index (κ3) is 4.08. The summed E-state index contributed by atoms with van der Waals surface area (Å²) in [7, 11) is 0. The minimum absolute atomic E-state index is 0.0919. The van der Waals surface area contributed by atoms with E-state index >= 15 is 0 Å². The van der Waals surface area contributed by atoms with Crippen molar-refractivity contribution >= 4 is 39.2 Å². The molecular formula is C17H24N2O3S2. The highest BCUT2D eigenvalue weighted by molar-refractivity contribution is 7.98. The van der Waals surface area contributed by atoms with Crippen LogP contribution in [0.1, 0.15) is 30.3 Å². The molecule has 0 aliphatic carbocycles. The Morgan fingerprint density at radius 1 is 1.54 bits per heavy atom. The molecule has 24 heavy (non-hydrogen) atoms. The molecule has 0 spiro atoms. The summed E-state index contributed by atoms with van der Waals surface area (Å²) in [5, 5.41) is 21.1. The number of aromatic nitrogens is 1. The summed E-state index contributed by atoms with van der Waals surface area (Å²) in [6, 6.07) is 3.14. The van der Waals surface area contributed by atoms with E-state index in [1.807, 2.05) is 12.3 Å². The number of thiophene rings is 1. The summed E-state index contributed by atoms with van der Waals surface area (Å²) in [4.78, 5) is 17.2. The number of carbonyl (C=O) groups is 1. The van der Waals surface area contributed by atoms with E-state index in [1.165, 1.54) is 16.6 Å². The average molecular weight is 369 g/mol. The molecule has 2 atom stereocenters. The standard InChI is InChI=1S/C17H24N2O3S2/c1-3-4-5-11-8-12-13(19-7-6-14(12)24-11)9-17(22,16(20)21)15(18)10-23-2/h6-8,15,22H,3-5,9-10,18H2,1-2H3,(H,20,21). The van der Waals surface area contributed by atoms with Crippen LogP contribution in [-0.2, 0) is 17.6 Å². The maximum absolute atomic E-state index is 11.7. The van der Waals surface area contributed by atoms with Crippen LogP contribution in [0, 0.1) is 0 Å². The van der Waals surface area contributed by atoms with Gasteiger partial charge in [0.05, 0.1) is 11.7 Å². The maximum Gasteiger partial charge on any atom is 0.337 e. The topological polar surface area (TPSA) is 96.4 Å². The van der Waals surface area contributed by atoms with Gasteiger partial charge in [-0.2, -0.15) is 11.8 Å². The van der Waals surface area contributed by atoms with Gasteiger partial charge < -0.3 is 15.9 Å². The van der Waals surface area contributed by atoms with Crippen LogP contribution in [-0.4, -0.2) is 44.8 Å². The fourth-order valence-electron chi connectivity index (χ4n) is 2.62. The summed E-state index contributed by atoms with van der Waals surface area (Å²) in [6.45, 7) is 2.15. The van der Waals surface area contributed by atoms with Crippen molar-refractivity contribution in [3.8, 4) is 0 Å². The number of fused-ring (bicyclic) bond motifs is 1. The number of carboxylic acid groups (broad SMARTS) is 1. The van der Waals surface area contributed by atoms with Crippen molar-refractivity contribution < 1.29 is 15.0 Å². The van der Waals surface area contributed by atoms with E-state index in [9.17, 15) is 15.0 Å². The Kier molecular flexibility index (Phi) is 6.62. The van der Waals surface area contributed by atoms with Gasteiger partial charge in [-0.15, -0.1) is 11.3 Å². The van der Waals surface area contributed by atoms with Crippen LogP contribution in [0.2, 0.25) is 0 Å². The van der Waals surface area contributed by atoms with Gasteiger partial charge in [-0.1, -0.05) is 13.3 Å². The smallest absolute Gasteiger partial charge is 0.337 e. The van der Waals surface area contributed by atoms with Gasteiger partial charge in [-0.25, -0.2) is 4.79 Å². The summed E-state index contributed by atoms with van der Waals surface area (Å²) in [5.41, 5.74) is 4.52. The third-order valence-electron chi connectivity index (χ3n) is 4.12. The van der Waals surface area contributed by atoms with Gasteiger partial charge in [0.2, 0.25) is 0 Å². The lowest BCUT2D eigenvalue weighted by Crippen LogP contribution is -2.57. The number of nitrogens with two attached hydrogens (primary N) is 1. The monoisotopic (exact) mass is 368 g/mol. The molecule has 2 heterocycles. The lowest BCUT2D eigenvalue weighted by atomic mass is 9.89. The van der Waals surface area contributed by atoms with Crippen molar-refractivity contribution in [2.24, 2.45) is 5.73 Å². The number of carboxylic acids is 1. The second-order valence-corrected chi connectivity index (χ2v) is 8.03. The van der Waals surface area contributed by atoms with Gasteiger partial charge in [-0.05, 0) is 31.2 Å². The van der Waals surface area contributed by atoms with Crippen molar-refractivity contribution in [1.29, 1.82) is 0 Å². The highest BCUT2D eigenvalue weighted by Crippen LogP contribution is 2.31. The van der Waals surface area contributed by atoms with Crippen molar-refractivity contribution in [1.82, 2.24) is 4.98 Å². The Morgan fingerprint density at radius 3 is 2.92 bits per heavy atom. The first-order valence-electron chi connectivity index (χ1n) is 7.99. The number of hydrogen-bond acceptors (Lipinski definition) is 6. The van der Waals surface area contributed by atoms with Gasteiger partial charge in [0.1, 0.15) is 0 Å². The molecule has 2 rings (SSSR count). The number of aryl methyl sites for hydroxylation is 1. The van der Waals surface area contributed by atoms with Gasteiger partial charge in [0.25, 0.3) is 0 Å². The SMILES string of the molecule is CCCCc1cc2c(CC(O)(C(=O)O)C(N)CSC)nccc2s1. The number of nitrogens with zero attached hydrogens (tertiary/aromatic N) is 1. The lowest BCUT2D eigenvalue weighted by molar-refractivity contribution is -0.160. The fourth-order valence-corrected chi connectivity index (χ4v) is 4.38. The largest absolute Gasteiger partial charge is 0.479 e. The van der Waals surface area contributed by atoms with E-state index < -0.39 is 17.6 Å². The Morgan fingerprint density at radius 2 is 2.29 bits per heavy atom. The highest BCUT2D eigenvalue weighted by atomic mass is 32.2. The summed E-state index contributed by atoms with van der Waals surface area (Å²) < 4.78 is 1.07. The Hall–Kier alpha value is -1.15. The first-order valence-corrected chi connectivity index (χ1v) is 10.2. The van der Waals surface area contributed by atoms with Crippen molar-refractivity contribution in [2.45, 2.75) is 44.2 Å². The number of aliphatic carboxylic acids is 1. The van der Waals surface area contributed by atoms with Crippen molar-refractivity contribution in [2.75, 3.05) is 12.0 Å². The number of rotatable bonds is 9. The number of aliphatic hydroxyl groups is 1. The van der Waals surface area contributed by atoms with Gasteiger partial charge >= 0.3 is 5.97 Å². The summed E-state index contributed by atoms with van der Waals surface area (Å²) >= 11 is 3.11. The van der Waals surface area contributed by atoms with Crippen LogP contribution in [0.15, 0.2) is 18.3 Å². The molecule has 132 valence electrons. The summed E-state index contributed by atoms with van der Waals surface area (Å²) in [6.07, 6.45) is 6.66. The molecule has 4 N–H and O–H groups in total. The fraction of sp³-hybridized carbons (Fsp3) is 0.529. The number of thioether (sulfide) groups is 1. The molecule has 2 unspecified atom stereocenters. The molecule has 0 fully saturated rings.